The van der Waals surface area contributed by atoms with Crippen molar-refractivity contribution in [3.63, 3.8) is 0 Å². The van der Waals surface area contributed by atoms with E-state index in [2.05, 4.69) is 19.6 Å². The second-order valence-corrected chi connectivity index (χ2v) is 16.7. The number of esters is 2. The Labute approximate surface area is 312 Å². The van der Waals surface area contributed by atoms with E-state index in [1.165, 1.54) is 6.92 Å². The zero-order valence-corrected chi connectivity index (χ0v) is 33.6. The number of ketones is 1. The Morgan fingerprint density at radius 1 is 0.769 bits per heavy atom. The van der Waals surface area contributed by atoms with Gasteiger partial charge in [0.1, 0.15) is 17.8 Å². The van der Waals surface area contributed by atoms with Crippen LogP contribution >= 0.6 is 0 Å². The second kappa shape index (κ2) is 16.9. The van der Waals surface area contributed by atoms with Crippen LogP contribution in [0.5, 0.6) is 0 Å². The SMILES string of the molecule is CCC(=O)O[C@H]1CC(C)(C)[C@]2(CC(=O)/C(C)=C/C=C/C(C)=C/C=C/C=C(C)/C=C/C=C(\C)C=C=C3C(C)(C)C[C@H](OC(C)=O)C[C@@]3(C)O)O[C@]2(C)C1. The average Bonchev–Trinajstić information content (AvgIpc) is 3.62. The van der Waals surface area contributed by atoms with E-state index in [4.69, 9.17) is 14.2 Å². The van der Waals surface area contributed by atoms with Gasteiger partial charge in [0.05, 0.1) is 11.2 Å². The molecule has 284 valence electrons. The molecule has 7 heteroatoms. The zero-order chi connectivity index (χ0) is 39.1. The highest BCUT2D eigenvalue weighted by atomic mass is 16.6. The standard InChI is InChI=1S/C45H62O7/c1-13-40(48)51-37-27-42(9,10)45(44(12,29-37)52-45)30-38(47)34(5)23-17-22-32(3)19-15-14-18-31(2)20-16-21-33(4)24-25-39-41(7,8)26-36(50-35(6)46)28-43(39,11)49/h14-24,36-37,49H,13,26-30H2,1-12H3/b15-14+,20-16+,22-17+,31-18+,32-19+,33-21+,34-23+/t25?,36-,37-,43+,44+,45-/m0/s1. The van der Waals surface area contributed by atoms with E-state index in [1.807, 2.05) is 115 Å². The molecule has 2 saturated carbocycles. The first-order chi connectivity index (χ1) is 24.1. The molecule has 1 heterocycles. The van der Waals surface area contributed by atoms with Crippen LogP contribution in [-0.4, -0.2) is 51.8 Å². The molecule has 0 aromatic rings. The molecular formula is C45H62O7. The van der Waals surface area contributed by atoms with Crippen molar-refractivity contribution >= 4 is 17.7 Å². The van der Waals surface area contributed by atoms with Gasteiger partial charge in [-0.3, -0.25) is 14.4 Å². The molecule has 0 amide bonds. The third kappa shape index (κ3) is 10.9. The van der Waals surface area contributed by atoms with Gasteiger partial charge in [0, 0.05) is 43.6 Å². The highest BCUT2D eigenvalue weighted by Gasteiger charge is 2.76. The van der Waals surface area contributed by atoms with Gasteiger partial charge >= 0.3 is 11.9 Å². The first-order valence-corrected chi connectivity index (χ1v) is 18.6. The Morgan fingerprint density at radius 3 is 1.87 bits per heavy atom. The summed E-state index contributed by atoms with van der Waals surface area (Å²) in [7, 11) is 0. The van der Waals surface area contributed by atoms with E-state index in [9.17, 15) is 19.5 Å². The summed E-state index contributed by atoms with van der Waals surface area (Å²) in [5.41, 5.74) is 5.17. The molecule has 3 fully saturated rings. The normalized spacial score (nSPS) is 30.7. The minimum atomic E-state index is -1.11. The topological polar surface area (TPSA) is 102 Å². The number of fused-ring (bicyclic) bond motifs is 1. The van der Waals surface area contributed by atoms with Gasteiger partial charge in [-0.15, -0.1) is 5.73 Å². The number of epoxide rings is 1. The number of ether oxygens (including phenoxy) is 3. The number of carbonyl (C=O) groups is 3. The molecule has 0 aromatic heterocycles. The molecule has 1 aliphatic heterocycles. The number of hydrogen-bond acceptors (Lipinski definition) is 7. The summed E-state index contributed by atoms with van der Waals surface area (Å²) >= 11 is 0. The Bertz CT molecular complexity index is 1640. The molecule has 0 bridgehead atoms. The fourth-order valence-corrected chi connectivity index (χ4v) is 8.08. The van der Waals surface area contributed by atoms with Crippen molar-refractivity contribution in [2.24, 2.45) is 10.8 Å². The van der Waals surface area contributed by atoms with Crippen LogP contribution in [0, 0.1) is 10.8 Å². The van der Waals surface area contributed by atoms with Crippen LogP contribution in [0.1, 0.15) is 122 Å². The molecule has 1 N–H and O–H groups in total. The zero-order valence-electron chi connectivity index (χ0n) is 33.6. The molecule has 0 spiro atoms. The molecule has 1 saturated heterocycles. The molecule has 52 heavy (non-hydrogen) atoms. The number of Topliss-reactive ketones (excluding diaryl/α,β-unsaturated/α-hetero) is 1. The van der Waals surface area contributed by atoms with Gasteiger partial charge in [0.2, 0.25) is 0 Å². The van der Waals surface area contributed by atoms with Crippen LogP contribution in [0.2, 0.25) is 0 Å². The van der Waals surface area contributed by atoms with Crippen molar-refractivity contribution in [3.8, 4) is 0 Å². The highest BCUT2D eigenvalue weighted by molar-refractivity contribution is 5.96. The van der Waals surface area contributed by atoms with Crippen LogP contribution in [0.25, 0.3) is 0 Å². The Morgan fingerprint density at radius 2 is 1.33 bits per heavy atom. The molecule has 0 aromatic carbocycles. The summed E-state index contributed by atoms with van der Waals surface area (Å²) in [5, 5.41) is 11.2. The molecule has 3 rings (SSSR count). The van der Waals surface area contributed by atoms with Crippen LogP contribution in [0.15, 0.2) is 100 Å². The average molecular weight is 715 g/mol. The lowest BCUT2D eigenvalue weighted by Gasteiger charge is -2.44. The van der Waals surface area contributed by atoms with Crippen molar-refractivity contribution in [1.29, 1.82) is 0 Å². The highest BCUT2D eigenvalue weighted by Crippen LogP contribution is 2.67. The predicted molar refractivity (Wildman–Crippen MR) is 208 cm³/mol. The first kappa shape index (κ1) is 42.6. The van der Waals surface area contributed by atoms with Crippen molar-refractivity contribution in [2.75, 3.05) is 0 Å². The van der Waals surface area contributed by atoms with Crippen LogP contribution in [-0.2, 0) is 28.6 Å². The minimum Gasteiger partial charge on any atom is -0.462 e. The number of carbonyl (C=O) groups excluding carboxylic acids is 3. The number of allylic oxidation sites excluding steroid dienone is 14. The molecule has 2 aliphatic carbocycles. The minimum absolute atomic E-state index is 0.0655. The maximum atomic E-state index is 13.3. The fraction of sp³-hybridized carbons (Fsp3) is 0.556. The third-order valence-electron chi connectivity index (χ3n) is 10.7. The summed E-state index contributed by atoms with van der Waals surface area (Å²) < 4.78 is 17.4. The lowest BCUT2D eigenvalue weighted by molar-refractivity contribution is -0.153. The molecule has 7 nitrogen and oxygen atoms in total. The van der Waals surface area contributed by atoms with Gasteiger partial charge in [0.25, 0.3) is 0 Å². The summed E-state index contributed by atoms with van der Waals surface area (Å²) in [5.74, 6) is -0.461. The van der Waals surface area contributed by atoms with Gasteiger partial charge in [0.15, 0.2) is 5.78 Å². The van der Waals surface area contributed by atoms with Crippen LogP contribution in [0.4, 0.5) is 0 Å². The summed E-state index contributed by atoms with van der Waals surface area (Å²) in [6.07, 6.45) is 24.1. The van der Waals surface area contributed by atoms with E-state index < -0.39 is 16.8 Å². The fourth-order valence-electron chi connectivity index (χ4n) is 8.08. The molecule has 5 atom stereocenters. The van der Waals surface area contributed by atoms with Gasteiger partial charge < -0.3 is 19.3 Å². The second-order valence-electron chi connectivity index (χ2n) is 16.7. The Kier molecular flexibility index (Phi) is 13.9. The van der Waals surface area contributed by atoms with Crippen molar-refractivity contribution in [2.45, 2.75) is 151 Å². The maximum absolute atomic E-state index is 13.3. The predicted octanol–water partition coefficient (Wildman–Crippen LogP) is 9.65. The summed E-state index contributed by atoms with van der Waals surface area (Å²) in [6.45, 7) is 23.2. The number of aliphatic hydroxyl groups is 1. The van der Waals surface area contributed by atoms with Gasteiger partial charge in [-0.2, -0.15) is 0 Å². The number of hydrogen-bond donors (Lipinski definition) is 1. The molecule has 3 aliphatic rings. The third-order valence-corrected chi connectivity index (χ3v) is 10.7. The van der Waals surface area contributed by atoms with E-state index in [0.717, 1.165) is 22.3 Å². The number of rotatable bonds is 13. The first-order valence-electron chi connectivity index (χ1n) is 18.6. The maximum Gasteiger partial charge on any atom is 0.305 e. The molecule has 0 unspecified atom stereocenters. The van der Waals surface area contributed by atoms with Crippen LogP contribution in [0.3, 0.4) is 0 Å². The Balaban J connectivity index is 1.54. The van der Waals surface area contributed by atoms with Crippen molar-refractivity contribution < 1.29 is 33.7 Å². The van der Waals surface area contributed by atoms with Crippen molar-refractivity contribution in [1.82, 2.24) is 0 Å². The smallest absolute Gasteiger partial charge is 0.305 e. The van der Waals surface area contributed by atoms with E-state index >= 15 is 0 Å². The monoisotopic (exact) mass is 714 g/mol. The largest absolute Gasteiger partial charge is 0.462 e. The lowest BCUT2D eigenvalue weighted by atomic mass is 9.61. The lowest BCUT2D eigenvalue weighted by Crippen LogP contribution is -2.49. The van der Waals surface area contributed by atoms with Gasteiger partial charge in [-0.05, 0) is 77.0 Å². The van der Waals surface area contributed by atoms with Crippen LogP contribution < -0.4 is 0 Å². The van der Waals surface area contributed by atoms with E-state index in [1.54, 1.807) is 13.8 Å². The van der Waals surface area contributed by atoms with Gasteiger partial charge in [-0.1, -0.05) is 107 Å². The summed E-state index contributed by atoms with van der Waals surface area (Å²) in [6, 6.07) is 0. The van der Waals surface area contributed by atoms with E-state index in [0.29, 0.717) is 44.1 Å². The summed E-state index contributed by atoms with van der Waals surface area (Å²) in [4.78, 5) is 36.7. The quantitative estimate of drug-likeness (QED) is 0.0666. The van der Waals surface area contributed by atoms with Gasteiger partial charge in [-0.25, -0.2) is 0 Å². The van der Waals surface area contributed by atoms with Crippen molar-refractivity contribution in [3.05, 3.63) is 100 Å². The molecular weight excluding hydrogens is 652 g/mol. The molecule has 0 radical (unpaired) electrons. The Hall–Kier alpha value is -3.77. The van der Waals surface area contributed by atoms with E-state index in [-0.39, 0.29) is 40.8 Å².